The highest BCUT2D eigenvalue weighted by molar-refractivity contribution is 6.30. The molecule has 5 heteroatoms. The molecule has 0 unspecified atom stereocenters. The summed E-state index contributed by atoms with van der Waals surface area (Å²) in [6.07, 6.45) is 6.44. The molecule has 1 N–H and O–H groups in total. The van der Waals surface area contributed by atoms with E-state index in [1.165, 1.54) is 61.8 Å². The van der Waals surface area contributed by atoms with Crippen LogP contribution >= 0.6 is 11.6 Å². The van der Waals surface area contributed by atoms with Crippen LogP contribution < -0.4 is 10.1 Å². The number of unbranched alkanes of at least 4 members (excludes halogenated alkanes) is 1. The Kier molecular flexibility index (Phi) is 6.96. The van der Waals surface area contributed by atoms with E-state index >= 15 is 0 Å². The zero-order valence-corrected chi connectivity index (χ0v) is 18.8. The zero-order chi connectivity index (χ0) is 20.9. The molecule has 0 bridgehead atoms. The largest absolute Gasteiger partial charge is 0.486 e. The minimum atomic E-state index is 0.461. The summed E-state index contributed by atoms with van der Waals surface area (Å²) in [4.78, 5) is 4.98. The van der Waals surface area contributed by atoms with Crippen molar-refractivity contribution in [3.63, 3.8) is 0 Å². The van der Waals surface area contributed by atoms with Crippen molar-refractivity contribution in [1.29, 1.82) is 0 Å². The second kappa shape index (κ2) is 9.84. The lowest BCUT2D eigenvalue weighted by Gasteiger charge is -2.22. The van der Waals surface area contributed by atoms with Crippen molar-refractivity contribution in [3.8, 4) is 5.75 Å². The molecule has 1 fully saturated rings. The fraction of sp³-hybridized carbons (Fsp3) is 0.480. The molecule has 1 aromatic heterocycles. The van der Waals surface area contributed by atoms with Crippen LogP contribution in [0.4, 0.5) is 0 Å². The van der Waals surface area contributed by atoms with Gasteiger partial charge in [-0.1, -0.05) is 30.5 Å². The molecule has 1 aliphatic heterocycles. The molecule has 160 valence electrons. The van der Waals surface area contributed by atoms with Crippen LogP contribution in [0.1, 0.15) is 49.1 Å². The number of nitrogens with one attached hydrogen (secondary N) is 1. The molecule has 30 heavy (non-hydrogen) atoms. The first kappa shape index (κ1) is 21.2. The minimum Gasteiger partial charge on any atom is -0.486 e. The van der Waals surface area contributed by atoms with Gasteiger partial charge in [0.1, 0.15) is 18.2 Å². The van der Waals surface area contributed by atoms with E-state index in [0.717, 1.165) is 34.6 Å². The number of piperidine rings is 1. The van der Waals surface area contributed by atoms with Gasteiger partial charge in [-0.05, 0) is 93.6 Å². The third kappa shape index (κ3) is 4.98. The van der Waals surface area contributed by atoms with Crippen LogP contribution in [0.15, 0.2) is 36.4 Å². The SMILES string of the molecule is Cc1ccc2c(nc(COc3ccc(Cl)cc3)n2CCCCC2CCNCC2)c1C. The fourth-order valence-electron chi connectivity index (χ4n) is 4.39. The summed E-state index contributed by atoms with van der Waals surface area (Å²) >= 11 is 5.99. The Morgan fingerprint density at radius 2 is 1.83 bits per heavy atom. The Morgan fingerprint density at radius 1 is 1.07 bits per heavy atom. The Morgan fingerprint density at radius 3 is 2.60 bits per heavy atom. The highest BCUT2D eigenvalue weighted by Crippen LogP contribution is 2.25. The van der Waals surface area contributed by atoms with Crippen molar-refractivity contribution in [2.45, 2.75) is 59.1 Å². The number of hydrogen-bond acceptors (Lipinski definition) is 3. The first-order valence-electron chi connectivity index (χ1n) is 11.2. The number of ether oxygens (including phenoxy) is 1. The van der Waals surface area contributed by atoms with Crippen LogP contribution in [0.5, 0.6) is 5.75 Å². The van der Waals surface area contributed by atoms with Gasteiger partial charge in [-0.15, -0.1) is 0 Å². The van der Waals surface area contributed by atoms with E-state index in [1.807, 2.05) is 24.3 Å². The van der Waals surface area contributed by atoms with Crippen LogP contribution in [0.25, 0.3) is 11.0 Å². The lowest BCUT2D eigenvalue weighted by Crippen LogP contribution is -2.27. The maximum absolute atomic E-state index is 6.04. The maximum Gasteiger partial charge on any atom is 0.148 e. The molecule has 0 spiro atoms. The predicted molar refractivity (Wildman–Crippen MR) is 124 cm³/mol. The number of rotatable bonds is 8. The average Bonchev–Trinajstić information content (AvgIpc) is 3.12. The van der Waals surface area contributed by atoms with E-state index in [9.17, 15) is 0 Å². The lowest BCUT2D eigenvalue weighted by atomic mass is 9.92. The summed E-state index contributed by atoms with van der Waals surface area (Å²) in [5, 5.41) is 4.18. The predicted octanol–water partition coefficient (Wildman–Crippen LogP) is 6.06. The van der Waals surface area contributed by atoms with Crippen molar-refractivity contribution >= 4 is 22.6 Å². The van der Waals surface area contributed by atoms with Crippen molar-refractivity contribution in [3.05, 3.63) is 58.4 Å². The normalized spacial score (nSPS) is 15.0. The average molecular weight is 426 g/mol. The van der Waals surface area contributed by atoms with Crippen LogP contribution in [-0.2, 0) is 13.2 Å². The molecule has 3 aromatic rings. The second-order valence-corrected chi connectivity index (χ2v) is 8.92. The summed E-state index contributed by atoms with van der Waals surface area (Å²) in [6, 6.07) is 11.9. The summed E-state index contributed by atoms with van der Waals surface area (Å²) in [6.45, 7) is 8.13. The monoisotopic (exact) mass is 425 g/mol. The van der Waals surface area contributed by atoms with Crippen molar-refractivity contribution in [1.82, 2.24) is 14.9 Å². The standard InChI is InChI=1S/C25H32ClN3O/c1-18-6-11-23-25(19(18)2)28-24(17-30-22-9-7-21(26)8-10-22)29(23)16-4-3-5-20-12-14-27-15-13-20/h6-11,20,27H,3-5,12-17H2,1-2H3. The van der Waals surface area contributed by atoms with Gasteiger partial charge in [0, 0.05) is 11.6 Å². The van der Waals surface area contributed by atoms with Crippen molar-refractivity contribution in [2.75, 3.05) is 13.1 Å². The molecule has 0 amide bonds. The number of halogens is 1. The van der Waals surface area contributed by atoms with E-state index < -0.39 is 0 Å². The minimum absolute atomic E-state index is 0.461. The van der Waals surface area contributed by atoms with E-state index in [2.05, 4.69) is 35.9 Å². The third-order valence-corrected chi connectivity index (χ3v) is 6.66. The molecule has 0 saturated carbocycles. The lowest BCUT2D eigenvalue weighted by molar-refractivity contribution is 0.288. The highest BCUT2D eigenvalue weighted by atomic mass is 35.5. The quantitative estimate of drug-likeness (QED) is 0.446. The topological polar surface area (TPSA) is 39.1 Å². The Bertz CT molecular complexity index is 974. The van der Waals surface area contributed by atoms with Gasteiger partial charge in [0.2, 0.25) is 0 Å². The number of imidazole rings is 1. The van der Waals surface area contributed by atoms with E-state index in [-0.39, 0.29) is 0 Å². The second-order valence-electron chi connectivity index (χ2n) is 8.49. The smallest absolute Gasteiger partial charge is 0.148 e. The molecule has 0 atom stereocenters. The van der Waals surface area contributed by atoms with Gasteiger partial charge in [0.05, 0.1) is 11.0 Å². The van der Waals surface area contributed by atoms with Crippen LogP contribution in [0.2, 0.25) is 5.02 Å². The fourth-order valence-corrected chi connectivity index (χ4v) is 4.51. The van der Waals surface area contributed by atoms with E-state index in [1.54, 1.807) is 0 Å². The van der Waals surface area contributed by atoms with Crippen molar-refractivity contribution < 1.29 is 4.74 Å². The van der Waals surface area contributed by atoms with Crippen LogP contribution in [0.3, 0.4) is 0 Å². The van der Waals surface area contributed by atoms with Gasteiger partial charge in [-0.2, -0.15) is 0 Å². The number of hydrogen-bond donors (Lipinski definition) is 1. The molecule has 0 aliphatic carbocycles. The number of nitrogens with zero attached hydrogens (tertiary/aromatic N) is 2. The molecular weight excluding hydrogens is 394 g/mol. The molecule has 1 aliphatic rings. The summed E-state index contributed by atoms with van der Waals surface area (Å²) < 4.78 is 8.40. The summed E-state index contributed by atoms with van der Waals surface area (Å²) in [5.74, 6) is 2.70. The van der Waals surface area contributed by atoms with Gasteiger partial charge in [0.15, 0.2) is 0 Å². The third-order valence-electron chi connectivity index (χ3n) is 6.41. The Labute approximate surface area is 184 Å². The number of fused-ring (bicyclic) bond motifs is 1. The summed E-state index contributed by atoms with van der Waals surface area (Å²) in [7, 11) is 0. The molecule has 2 aromatic carbocycles. The van der Waals surface area contributed by atoms with Gasteiger partial charge in [-0.25, -0.2) is 4.98 Å². The number of aromatic nitrogens is 2. The van der Waals surface area contributed by atoms with E-state index in [0.29, 0.717) is 6.61 Å². The molecule has 2 heterocycles. The van der Waals surface area contributed by atoms with Gasteiger partial charge in [-0.3, -0.25) is 0 Å². The van der Waals surface area contributed by atoms with Gasteiger partial charge >= 0.3 is 0 Å². The van der Waals surface area contributed by atoms with Gasteiger partial charge in [0.25, 0.3) is 0 Å². The molecule has 0 radical (unpaired) electrons. The molecule has 1 saturated heterocycles. The Balaban J connectivity index is 1.47. The highest BCUT2D eigenvalue weighted by Gasteiger charge is 2.15. The Hall–Kier alpha value is -2.04. The van der Waals surface area contributed by atoms with Crippen LogP contribution in [-0.4, -0.2) is 22.6 Å². The van der Waals surface area contributed by atoms with Crippen LogP contribution in [0, 0.1) is 19.8 Å². The zero-order valence-electron chi connectivity index (χ0n) is 18.1. The summed E-state index contributed by atoms with van der Waals surface area (Å²) in [5.41, 5.74) is 4.86. The number of aryl methyl sites for hydroxylation is 3. The molecule has 4 nitrogen and oxygen atoms in total. The first-order valence-corrected chi connectivity index (χ1v) is 11.5. The van der Waals surface area contributed by atoms with E-state index in [4.69, 9.17) is 21.3 Å². The molecular formula is C25H32ClN3O. The molecule has 4 rings (SSSR count). The van der Waals surface area contributed by atoms with Crippen molar-refractivity contribution in [2.24, 2.45) is 5.92 Å². The first-order chi connectivity index (χ1) is 14.6. The maximum atomic E-state index is 6.04. The van der Waals surface area contributed by atoms with Gasteiger partial charge < -0.3 is 14.6 Å². The number of benzene rings is 2.